The molecule has 2 atom stereocenters. The van der Waals surface area contributed by atoms with E-state index in [0.29, 0.717) is 22.7 Å². The van der Waals surface area contributed by atoms with Crippen molar-refractivity contribution >= 4 is 22.5 Å². The first-order valence-corrected chi connectivity index (χ1v) is 8.38. The number of aromatic nitrogens is 1. The highest BCUT2D eigenvalue weighted by molar-refractivity contribution is 5.97. The zero-order chi connectivity index (χ0) is 18.3. The van der Waals surface area contributed by atoms with Crippen LogP contribution in [0.1, 0.15) is 12.5 Å². The fourth-order valence-electron chi connectivity index (χ4n) is 3.13. The quantitative estimate of drug-likeness (QED) is 0.744. The smallest absolute Gasteiger partial charge is 0.269 e. The van der Waals surface area contributed by atoms with Crippen LogP contribution in [0.4, 0.5) is 5.69 Å². The molecule has 0 radical (unpaired) electrons. The Kier molecular flexibility index (Phi) is 3.88. The van der Waals surface area contributed by atoms with E-state index in [4.69, 9.17) is 9.47 Å². The van der Waals surface area contributed by atoms with E-state index in [0.717, 1.165) is 10.9 Å². The number of amides is 1. The Balaban J connectivity index is 1.58. The fraction of sp³-hybridized carbons (Fsp3) is 0.200. The van der Waals surface area contributed by atoms with Crippen molar-refractivity contribution in [2.24, 2.45) is 0 Å². The summed E-state index contributed by atoms with van der Waals surface area (Å²) in [5.41, 5.74) is 1.97. The number of hydrogen-bond acceptors (Lipinski definition) is 4. The molecule has 1 amide bonds. The van der Waals surface area contributed by atoms with Gasteiger partial charge in [-0.1, -0.05) is 18.2 Å². The molecule has 0 bridgehead atoms. The first kappa shape index (κ1) is 16.2. The normalized spacial score (nSPS) is 18.5. The van der Waals surface area contributed by atoms with E-state index in [1.807, 2.05) is 31.2 Å². The van der Waals surface area contributed by atoms with E-state index in [-0.39, 0.29) is 11.5 Å². The molecule has 1 aliphatic heterocycles. The largest absolute Gasteiger partial charge is 0.482 e. The van der Waals surface area contributed by atoms with Gasteiger partial charge in [-0.15, -0.1) is 0 Å². The minimum Gasteiger partial charge on any atom is -0.482 e. The summed E-state index contributed by atoms with van der Waals surface area (Å²) >= 11 is 0. The second-order valence-corrected chi connectivity index (χ2v) is 6.37. The maximum Gasteiger partial charge on any atom is 0.269 e. The van der Waals surface area contributed by atoms with Crippen molar-refractivity contribution in [3.8, 4) is 11.5 Å². The highest BCUT2D eigenvalue weighted by Crippen LogP contribution is 2.33. The fourth-order valence-corrected chi connectivity index (χ4v) is 3.13. The van der Waals surface area contributed by atoms with Crippen molar-refractivity contribution in [1.82, 2.24) is 4.98 Å². The lowest BCUT2D eigenvalue weighted by Crippen LogP contribution is -2.46. The Morgan fingerprint density at radius 3 is 2.58 bits per heavy atom. The first-order chi connectivity index (χ1) is 12.5. The lowest BCUT2D eigenvalue weighted by Gasteiger charge is -2.31. The van der Waals surface area contributed by atoms with Gasteiger partial charge in [-0.05, 0) is 43.7 Å². The number of aryl methyl sites for hydroxylation is 1. The second kappa shape index (κ2) is 6.22. The monoisotopic (exact) mass is 350 g/mol. The van der Waals surface area contributed by atoms with Crippen LogP contribution in [-0.4, -0.2) is 23.1 Å². The second-order valence-electron chi connectivity index (χ2n) is 6.37. The Morgan fingerprint density at radius 1 is 1.08 bits per heavy atom. The van der Waals surface area contributed by atoms with E-state index >= 15 is 0 Å². The number of aromatic amines is 1. The number of carbonyl (C=O) groups is 1. The third-order valence-electron chi connectivity index (χ3n) is 4.42. The molecular formula is C20H18N2O4. The van der Waals surface area contributed by atoms with Gasteiger partial charge in [0.1, 0.15) is 6.10 Å². The molecule has 6 heteroatoms. The van der Waals surface area contributed by atoms with Crippen LogP contribution < -0.4 is 20.3 Å². The van der Waals surface area contributed by atoms with Gasteiger partial charge in [0.15, 0.2) is 11.5 Å². The van der Waals surface area contributed by atoms with Crippen LogP contribution in [-0.2, 0) is 4.79 Å². The molecule has 0 fully saturated rings. The summed E-state index contributed by atoms with van der Waals surface area (Å²) in [6, 6.07) is 14.2. The van der Waals surface area contributed by atoms with Crippen LogP contribution >= 0.6 is 0 Å². The summed E-state index contributed by atoms with van der Waals surface area (Å²) in [5, 5.41) is 3.77. The number of anilines is 1. The number of pyridine rings is 1. The number of benzene rings is 2. The van der Waals surface area contributed by atoms with Crippen LogP contribution in [0.5, 0.6) is 11.5 Å². The minimum atomic E-state index is -0.767. The van der Waals surface area contributed by atoms with Gasteiger partial charge in [-0.2, -0.15) is 0 Å². The van der Waals surface area contributed by atoms with Gasteiger partial charge in [0.25, 0.3) is 5.91 Å². The van der Waals surface area contributed by atoms with Crippen molar-refractivity contribution in [3.63, 3.8) is 0 Å². The lowest BCUT2D eigenvalue weighted by atomic mass is 10.1. The van der Waals surface area contributed by atoms with Crippen LogP contribution in [0.15, 0.2) is 53.3 Å². The summed E-state index contributed by atoms with van der Waals surface area (Å²) in [6.45, 7) is 3.67. The molecule has 2 N–H and O–H groups in total. The molecule has 3 aromatic rings. The van der Waals surface area contributed by atoms with Crippen LogP contribution in [0, 0.1) is 6.92 Å². The van der Waals surface area contributed by atoms with E-state index in [2.05, 4.69) is 10.3 Å². The van der Waals surface area contributed by atoms with Crippen molar-refractivity contribution in [3.05, 3.63) is 64.4 Å². The summed E-state index contributed by atoms with van der Waals surface area (Å²) < 4.78 is 11.6. The average molecular weight is 350 g/mol. The molecule has 26 heavy (non-hydrogen) atoms. The molecule has 0 saturated heterocycles. The predicted molar refractivity (Wildman–Crippen MR) is 98.9 cm³/mol. The van der Waals surface area contributed by atoms with E-state index < -0.39 is 12.2 Å². The molecule has 0 spiro atoms. The van der Waals surface area contributed by atoms with Gasteiger partial charge in [0.2, 0.25) is 11.7 Å². The maximum absolute atomic E-state index is 12.7. The molecule has 2 heterocycles. The number of nitrogens with one attached hydrogen (secondary N) is 2. The molecule has 0 aliphatic carbocycles. The minimum absolute atomic E-state index is 0.173. The van der Waals surface area contributed by atoms with Gasteiger partial charge >= 0.3 is 0 Å². The highest BCUT2D eigenvalue weighted by Gasteiger charge is 2.34. The van der Waals surface area contributed by atoms with Gasteiger partial charge in [0.05, 0.1) is 5.52 Å². The standard InChI is InChI=1S/C20H18N2O4/c1-11-9-18(23)22-15-10-13(7-8-14(11)15)21-20(24)19-12(2)25-16-5-3-4-6-17(16)26-19/h3-10,12,19H,1-2H3,(H,21,24)(H,22,23). The number of para-hydroxylation sites is 2. The average Bonchev–Trinajstić information content (AvgIpc) is 2.60. The Bertz CT molecular complexity index is 1060. The number of H-pyrrole nitrogens is 1. The molecule has 6 nitrogen and oxygen atoms in total. The third kappa shape index (κ3) is 2.90. The zero-order valence-electron chi connectivity index (χ0n) is 14.4. The topological polar surface area (TPSA) is 80.4 Å². The van der Waals surface area contributed by atoms with Gasteiger partial charge in [-0.25, -0.2) is 0 Å². The van der Waals surface area contributed by atoms with Crippen LogP contribution in [0.2, 0.25) is 0 Å². The SMILES string of the molecule is Cc1cc(=O)[nH]c2cc(NC(=O)C3Oc4ccccc4OC3C)ccc12. The Morgan fingerprint density at radius 2 is 1.81 bits per heavy atom. The molecule has 4 rings (SSSR count). The predicted octanol–water partition coefficient (Wildman–Crippen LogP) is 3.00. The van der Waals surface area contributed by atoms with Gasteiger partial charge in [-0.3, -0.25) is 9.59 Å². The number of ether oxygens (including phenoxy) is 2. The van der Waals surface area contributed by atoms with Gasteiger partial charge < -0.3 is 19.8 Å². The van der Waals surface area contributed by atoms with Gasteiger partial charge in [0, 0.05) is 17.1 Å². The number of carbonyl (C=O) groups excluding carboxylic acids is 1. The Hall–Kier alpha value is -3.28. The third-order valence-corrected chi connectivity index (χ3v) is 4.42. The molecule has 2 unspecified atom stereocenters. The van der Waals surface area contributed by atoms with Crippen molar-refractivity contribution in [1.29, 1.82) is 0 Å². The maximum atomic E-state index is 12.7. The van der Waals surface area contributed by atoms with Crippen molar-refractivity contribution in [2.45, 2.75) is 26.1 Å². The number of rotatable bonds is 2. The Labute approximate surface area is 149 Å². The summed E-state index contributed by atoms with van der Waals surface area (Å²) in [5.74, 6) is 0.869. The van der Waals surface area contributed by atoms with E-state index in [1.165, 1.54) is 0 Å². The molecule has 2 aromatic carbocycles. The molecule has 1 aliphatic rings. The first-order valence-electron chi connectivity index (χ1n) is 8.38. The van der Waals surface area contributed by atoms with E-state index in [1.54, 1.807) is 31.2 Å². The van der Waals surface area contributed by atoms with Crippen LogP contribution in [0.3, 0.4) is 0 Å². The molecule has 1 aromatic heterocycles. The van der Waals surface area contributed by atoms with Crippen molar-refractivity contribution in [2.75, 3.05) is 5.32 Å². The summed E-state index contributed by atoms with van der Waals surface area (Å²) in [7, 11) is 0. The summed E-state index contributed by atoms with van der Waals surface area (Å²) in [4.78, 5) is 27.1. The molecular weight excluding hydrogens is 332 g/mol. The van der Waals surface area contributed by atoms with Crippen molar-refractivity contribution < 1.29 is 14.3 Å². The number of hydrogen-bond donors (Lipinski definition) is 2. The highest BCUT2D eigenvalue weighted by atomic mass is 16.6. The zero-order valence-corrected chi connectivity index (χ0v) is 14.4. The number of fused-ring (bicyclic) bond motifs is 2. The molecule has 0 saturated carbocycles. The lowest BCUT2D eigenvalue weighted by molar-refractivity contribution is -0.128. The van der Waals surface area contributed by atoms with E-state index in [9.17, 15) is 9.59 Å². The van der Waals surface area contributed by atoms with Crippen LogP contribution in [0.25, 0.3) is 10.9 Å². The summed E-state index contributed by atoms with van der Waals surface area (Å²) in [6.07, 6.45) is -1.19. The molecule has 132 valence electrons.